The molecule has 6 aromatic rings. The van der Waals surface area contributed by atoms with Crippen LogP contribution in [0.15, 0.2) is 146 Å². The topological polar surface area (TPSA) is 24.9 Å². The molecule has 6 aromatic carbocycles. The van der Waals surface area contributed by atoms with Crippen LogP contribution in [0.3, 0.4) is 0 Å². The summed E-state index contributed by atoms with van der Waals surface area (Å²) < 4.78 is 10.9. The molecule has 0 heterocycles. The van der Waals surface area contributed by atoms with Gasteiger partial charge in [-0.3, -0.25) is 0 Å². The maximum Gasteiger partial charge on any atom is 0.119 e. The first-order valence-electron chi connectivity index (χ1n) is 15.3. The Morgan fingerprint density at radius 3 is 1.09 bits per heavy atom. The van der Waals surface area contributed by atoms with Gasteiger partial charge in [0.05, 0.1) is 14.2 Å². The first-order chi connectivity index (χ1) is 22.0. The molecular weight excluding hydrogens is 552 g/mol. The van der Waals surface area contributed by atoms with Crippen LogP contribution in [0.2, 0.25) is 0 Å². The van der Waals surface area contributed by atoms with Gasteiger partial charge in [0.1, 0.15) is 11.5 Å². The van der Waals surface area contributed by atoms with Crippen LogP contribution in [0.1, 0.15) is 25.0 Å². The highest BCUT2D eigenvalue weighted by molar-refractivity contribution is 5.88. The quantitative estimate of drug-likeness (QED) is 0.177. The first-order valence-corrected chi connectivity index (χ1v) is 15.3. The van der Waals surface area contributed by atoms with E-state index in [0.717, 1.165) is 45.6 Å². The minimum atomic E-state index is -0.207. The summed E-state index contributed by atoms with van der Waals surface area (Å²) in [7, 11) is 3.40. The average molecular weight is 589 g/mol. The van der Waals surface area contributed by atoms with Crippen molar-refractivity contribution in [2.75, 3.05) is 24.0 Å². The number of benzene rings is 6. The molecule has 0 fully saturated rings. The Morgan fingerprint density at radius 1 is 0.400 bits per heavy atom. The van der Waals surface area contributed by atoms with Gasteiger partial charge >= 0.3 is 0 Å². The Morgan fingerprint density at radius 2 is 0.733 bits per heavy atom. The van der Waals surface area contributed by atoms with Gasteiger partial charge in [-0.2, -0.15) is 0 Å². The van der Waals surface area contributed by atoms with Crippen molar-refractivity contribution in [2.24, 2.45) is 0 Å². The number of anilines is 6. The summed E-state index contributed by atoms with van der Waals surface area (Å²) in [5.74, 6) is 1.68. The van der Waals surface area contributed by atoms with Crippen LogP contribution >= 0.6 is 0 Å². The third kappa shape index (κ3) is 5.08. The van der Waals surface area contributed by atoms with Crippen molar-refractivity contribution in [3.63, 3.8) is 0 Å². The van der Waals surface area contributed by atoms with Gasteiger partial charge in [-0.25, -0.2) is 0 Å². The molecule has 1 aliphatic carbocycles. The lowest BCUT2D eigenvalue weighted by molar-refractivity contribution is 0.414. The van der Waals surface area contributed by atoms with E-state index in [1.165, 1.54) is 22.3 Å². The van der Waals surface area contributed by atoms with Crippen LogP contribution in [0, 0.1) is 0 Å². The van der Waals surface area contributed by atoms with E-state index in [9.17, 15) is 0 Å². The lowest BCUT2D eigenvalue weighted by Gasteiger charge is -2.29. The molecule has 0 unspecified atom stereocenters. The number of hydrogen-bond donors (Lipinski definition) is 0. The van der Waals surface area contributed by atoms with Gasteiger partial charge in [-0.05, 0) is 119 Å². The summed E-state index contributed by atoms with van der Waals surface area (Å²) in [5.41, 5.74) is 11.6. The molecule has 0 amide bonds. The van der Waals surface area contributed by atoms with Crippen LogP contribution in [0.25, 0.3) is 11.1 Å². The molecule has 222 valence electrons. The predicted molar refractivity (Wildman–Crippen MR) is 186 cm³/mol. The largest absolute Gasteiger partial charge is 0.497 e. The van der Waals surface area contributed by atoms with Crippen LogP contribution in [-0.4, -0.2) is 14.2 Å². The number of fused-ring (bicyclic) bond motifs is 3. The Balaban J connectivity index is 1.32. The standard InChI is InChI=1S/C41H36N2O2/c1-41(2)39-27-33(42(29-11-7-5-8-12-29)31-15-21-35(44-3)22-16-31)19-25-37(39)38-26-20-34(28-40(38)41)43(30-13-9-6-10-14-30)32-17-23-36(45-4)24-18-32/h5-28H,1-4H3. The normalized spacial score (nSPS) is 12.6. The van der Waals surface area contributed by atoms with Crippen molar-refractivity contribution in [3.05, 3.63) is 157 Å². The molecule has 0 aliphatic heterocycles. The third-order valence-electron chi connectivity index (χ3n) is 8.85. The summed E-state index contributed by atoms with van der Waals surface area (Å²) in [6.07, 6.45) is 0. The molecule has 0 atom stereocenters. The van der Waals surface area contributed by atoms with E-state index in [0.29, 0.717) is 0 Å². The molecule has 4 nitrogen and oxygen atoms in total. The lowest BCUT2D eigenvalue weighted by Crippen LogP contribution is -2.17. The van der Waals surface area contributed by atoms with E-state index in [2.05, 4.69) is 145 Å². The second kappa shape index (κ2) is 11.5. The molecule has 0 spiro atoms. The fourth-order valence-electron chi connectivity index (χ4n) is 6.50. The molecule has 45 heavy (non-hydrogen) atoms. The molecule has 0 bridgehead atoms. The average Bonchev–Trinajstić information content (AvgIpc) is 3.32. The lowest BCUT2D eigenvalue weighted by atomic mass is 9.82. The highest BCUT2D eigenvalue weighted by atomic mass is 16.5. The predicted octanol–water partition coefficient (Wildman–Crippen LogP) is 10.9. The highest BCUT2D eigenvalue weighted by Gasteiger charge is 2.36. The van der Waals surface area contributed by atoms with Crippen molar-refractivity contribution in [1.29, 1.82) is 0 Å². The number of nitrogens with zero attached hydrogens (tertiary/aromatic N) is 2. The van der Waals surface area contributed by atoms with Gasteiger partial charge < -0.3 is 19.3 Å². The van der Waals surface area contributed by atoms with E-state index in [1.54, 1.807) is 14.2 Å². The molecule has 0 aromatic heterocycles. The van der Waals surface area contributed by atoms with Gasteiger partial charge in [0.15, 0.2) is 0 Å². The fourth-order valence-corrected chi connectivity index (χ4v) is 6.50. The second-order valence-corrected chi connectivity index (χ2v) is 11.8. The zero-order valence-corrected chi connectivity index (χ0v) is 26.1. The summed E-state index contributed by atoms with van der Waals surface area (Å²) in [6.45, 7) is 4.68. The Hall–Kier alpha value is -5.48. The van der Waals surface area contributed by atoms with Gasteiger partial charge in [0, 0.05) is 39.5 Å². The number of para-hydroxylation sites is 2. The van der Waals surface area contributed by atoms with Gasteiger partial charge in [-0.1, -0.05) is 62.4 Å². The van der Waals surface area contributed by atoms with Crippen molar-refractivity contribution in [2.45, 2.75) is 19.3 Å². The van der Waals surface area contributed by atoms with E-state index >= 15 is 0 Å². The molecule has 1 aliphatic rings. The van der Waals surface area contributed by atoms with Crippen LogP contribution < -0.4 is 19.3 Å². The Bertz CT molecular complexity index is 1790. The monoisotopic (exact) mass is 588 g/mol. The van der Waals surface area contributed by atoms with Crippen molar-refractivity contribution in [1.82, 2.24) is 0 Å². The van der Waals surface area contributed by atoms with E-state index in [-0.39, 0.29) is 5.41 Å². The zero-order valence-electron chi connectivity index (χ0n) is 26.1. The van der Waals surface area contributed by atoms with Gasteiger partial charge in [-0.15, -0.1) is 0 Å². The summed E-state index contributed by atoms with van der Waals surface area (Å²) in [5, 5.41) is 0. The second-order valence-electron chi connectivity index (χ2n) is 11.8. The zero-order chi connectivity index (χ0) is 31.0. The third-order valence-corrected chi connectivity index (χ3v) is 8.85. The van der Waals surface area contributed by atoms with Crippen molar-refractivity contribution < 1.29 is 9.47 Å². The van der Waals surface area contributed by atoms with Crippen LogP contribution in [0.5, 0.6) is 11.5 Å². The molecule has 4 heteroatoms. The van der Waals surface area contributed by atoms with Gasteiger partial charge in [0.25, 0.3) is 0 Å². The van der Waals surface area contributed by atoms with Crippen molar-refractivity contribution >= 4 is 34.1 Å². The molecule has 0 radical (unpaired) electrons. The smallest absolute Gasteiger partial charge is 0.119 e. The molecule has 0 saturated carbocycles. The first kappa shape index (κ1) is 28.3. The highest BCUT2D eigenvalue weighted by Crippen LogP contribution is 2.52. The van der Waals surface area contributed by atoms with Crippen LogP contribution in [-0.2, 0) is 5.41 Å². The Labute approximate surface area is 265 Å². The molecular formula is C41H36N2O2. The molecule has 0 saturated heterocycles. The maximum absolute atomic E-state index is 5.45. The summed E-state index contributed by atoms with van der Waals surface area (Å²) >= 11 is 0. The van der Waals surface area contributed by atoms with Gasteiger partial charge in [0.2, 0.25) is 0 Å². The number of ether oxygens (including phenoxy) is 2. The van der Waals surface area contributed by atoms with Crippen LogP contribution in [0.4, 0.5) is 34.1 Å². The fraction of sp³-hybridized carbons (Fsp3) is 0.122. The van der Waals surface area contributed by atoms with E-state index in [1.807, 2.05) is 24.3 Å². The molecule has 7 rings (SSSR count). The summed E-state index contributed by atoms with van der Waals surface area (Å²) in [6, 6.07) is 51.4. The van der Waals surface area contributed by atoms with E-state index < -0.39 is 0 Å². The molecule has 0 N–H and O–H groups in total. The maximum atomic E-state index is 5.45. The van der Waals surface area contributed by atoms with E-state index in [4.69, 9.17) is 9.47 Å². The SMILES string of the molecule is COc1ccc(N(c2ccccc2)c2ccc3c(c2)C(C)(C)c2cc(N(c4ccccc4)c4ccc(OC)cc4)ccc2-3)cc1. The van der Waals surface area contributed by atoms with Crippen molar-refractivity contribution in [3.8, 4) is 22.6 Å². The number of methoxy groups -OCH3 is 2. The summed E-state index contributed by atoms with van der Waals surface area (Å²) in [4.78, 5) is 4.62. The minimum absolute atomic E-state index is 0.207. The number of rotatable bonds is 8. The number of hydrogen-bond acceptors (Lipinski definition) is 4. The Kier molecular flexibility index (Phi) is 7.26. The minimum Gasteiger partial charge on any atom is -0.497 e.